The Morgan fingerprint density at radius 3 is 2.53 bits per heavy atom. The molecule has 0 radical (unpaired) electrons. The highest BCUT2D eigenvalue weighted by atomic mass is 16.4. The van der Waals surface area contributed by atoms with E-state index < -0.39 is 17.9 Å². The second-order valence-corrected chi connectivity index (χ2v) is 4.00. The maximum absolute atomic E-state index is 11.7. The van der Waals surface area contributed by atoms with Crippen molar-refractivity contribution in [2.45, 2.75) is 26.4 Å². The minimum atomic E-state index is -1.07. The number of hydrogen-bond donors (Lipinski definition) is 3. The number of furan rings is 1. The van der Waals surface area contributed by atoms with E-state index in [1.165, 1.54) is 6.07 Å². The molecule has 0 unspecified atom stereocenters. The lowest BCUT2D eigenvalue weighted by molar-refractivity contribution is -0.140. The molecule has 17 heavy (non-hydrogen) atoms. The molecule has 0 aliphatic heterocycles. The lowest BCUT2D eigenvalue weighted by Crippen LogP contribution is -2.44. The van der Waals surface area contributed by atoms with Crippen LogP contribution >= 0.6 is 0 Å². The Labute approximate surface area is 98.8 Å². The van der Waals surface area contributed by atoms with Gasteiger partial charge in [0.05, 0.1) is 6.54 Å². The standard InChI is InChI=1S/C11H16N2O4/c1-6(2)9(11(15)16)13-10(14)8-4-3-7(5-12)17-8/h3-4,6,9H,5,12H2,1-2H3,(H,13,14)(H,15,16)/t9-/m1/s1. The third-order valence-corrected chi connectivity index (χ3v) is 2.31. The Morgan fingerprint density at radius 1 is 1.47 bits per heavy atom. The number of carbonyl (C=O) groups excluding carboxylic acids is 1. The zero-order chi connectivity index (χ0) is 13.0. The highest BCUT2D eigenvalue weighted by Gasteiger charge is 2.25. The molecule has 6 nitrogen and oxygen atoms in total. The summed E-state index contributed by atoms with van der Waals surface area (Å²) in [6.45, 7) is 3.62. The van der Waals surface area contributed by atoms with E-state index >= 15 is 0 Å². The first-order chi connectivity index (χ1) is 7.95. The van der Waals surface area contributed by atoms with E-state index in [-0.39, 0.29) is 18.2 Å². The Bertz CT molecular complexity index is 411. The van der Waals surface area contributed by atoms with Gasteiger partial charge in [-0.05, 0) is 18.1 Å². The van der Waals surface area contributed by atoms with Crippen LogP contribution in [0.4, 0.5) is 0 Å². The van der Waals surface area contributed by atoms with Crippen molar-refractivity contribution in [1.29, 1.82) is 0 Å². The number of nitrogens with one attached hydrogen (secondary N) is 1. The number of carboxylic acid groups (broad SMARTS) is 1. The predicted octanol–water partition coefficient (Wildman–Crippen LogP) is 0.577. The van der Waals surface area contributed by atoms with Crippen LogP contribution in [0, 0.1) is 5.92 Å². The highest BCUT2D eigenvalue weighted by Crippen LogP contribution is 2.09. The molecule has 1 atom stereocenters. The summed E-state index contributed by atoms with van der Waals surface area (Å²) in [6.07, 6.45) is 0. The molecule has 1 aromatic rings. The van der Waals surface area contributed by atoms with Crippen LogP contribution in [0.1, 0.15) is 30.2 Å². The van der Waals surface area contributed by atoms with Crippen LogP contribution in [0.5, 0.6) is 0 Å². The van der Waals surface area contributed by atoms with Gasteiger partial charge in [0.15, 0.2) is 5.76 Å². The lowest BCUT2D eigenvalue weighted by Gasteiger charge is -2.16. The van der Waals surface area contributed by atoms with Crippen molar-refractivity contribution in [3.05, 3.63) is 23.7 Å². The van der Waals surface area contributed by atoms with Crippen molar-refractivity contribution >= 4 is 11.9 Å². The Balaban J connectivity index is 2.73. The smallest absolute Gasteiger partial charge is 0.326 e. The lowest BCUT2D eigenvalue weighted by atomic mass is 10.0. The van der Waals surface area contributed by atoms with E-state index in [9.17, 15) is 9.59 Å². The topological polar surface area (TPSA) is 106 Å². The SMILES string of the molecule is CC(C)[C@@H](NC(=O)c1ccc(CN)o1)C(=O)O. The molecule has 0 saturated carbocycles. The van der Waals surface area contributed by atoms with E-state index in [4.69, 9.17) is 15.3 Å². The quantitative estimate of drug-likeness (QED) is 0.698. The first kappa shape index (κ1) is 13.2. The average molecular weight is 240 g/mol. The van der Waals surface area contributed by atoms with Gasteiger partial charge in [0.2, 0.25) is 0 Å². The molecule has 0 aromatic carbocycles. The number of nitrogens with two attached hydrogens (primary N) is 1. The minimum Gasteiger partial charge on any atom is -0.480 e. The van der Waals surface area contributed by atoms with E-state index in [2.05, 4.69) is 5.32 Å². The monoisotopic (exact) mass is 240 g/mol. The molecule has 1 amide bonds. The summed E-state index contributed by atoms with van der Waals surface area (Å²) >= 11 is 0. The van der Waals surface area contributed by atoms with Crippen molar-refractivity contribution in [2.24, 2.45) is 11.7 Å². The Morgan fingerprint density at radius 2 is 2.12 bits per heavy atom. The van der Waals surface area contributed by atoms with Gasteiger partial charge in [-0.1, -0.05) is 13.8 Å². The third kappa shape index (κ3) is 3.32. The molecule has 1 rings (SSSR count). The van der Waals surface area contributed by atoms with Gasteiger partial charge >= 0.3 is 5.97 Å². The second-order valence-electron chi connectivity index (χ2n) is 4.00. The van der Waals surface area contributed by atoms with E-state index in [1.807, 2.05) is 0 Å². The van der Waals surface area contributed by atoms with E-state index in [0.29, 0.717) is 5.76 Å². The largest absolute Gasteiger partial charge is 0.480 e. The van der Waals surface area contributed by atoms with Crippen molar-refractivity contribution in [2.75, 3.05) is 0 Å². The van der Waals surface area contributed by atoms with Gasteiger partial charge in [-0.2, -0.15) is 0 Å². The number of aliphatic carboxylic acids is 1. The average Bonchev–Trinajstić information content (AvgIpc) is 2.73. The predicted molar refractivity (Wildman–Crippen MR) is 60.3 cm³/mol. The Hall–Kier alpha value is -1.82. The van der Waals surface area contributed by atoms with Gasteiger partial charge in [0.25, 0.3) is 5.91 Å². The minimum absolute atomic E-state index is 0.0670. The number of hydrogen-bond acceptors (Lipinski definition) is 4. The van der Waals surface area contributed by atoms with Crippen molar-refractivity contribution in [3.8, 4) is 0 Å². The summed E-state index contributed by atoms with van der Waals surface area (Å²) < 4.78 is 5.12. The van der Waals surface area contributed by atoms with Gasteiger partial charge in [0, 0.05) is 0 Å². The fourth-order valence-corrected chi connectivity index (χ4v) is 1.34. The Kier molecular flexibility index (Phi) is 4.28. The summed E-state index contributed by atoms with van der Waals surface area (Å²) in [4.78, 5) is 22.6. The van der Waals surface area contributed by atoms with Crippen LogP contribution in [0.3, 0.4) is 0 Å². The zero-order valence-electron chi connectivity index (χ0n) is 9.77. The zero-order valence-corrected chi connectivity index (χ0v) is 9.77. The summed E-state index contributed by atoms with van der Waals surface area (Å²) in [6, 6.07) is 2.12. The molecule has 6 heteroatoms. The summed E-state index contributed by atoms with van der Waals surface area (Å²) in [5.41, 5.74) is 5.34. The molecule has 0 aliphatic carbocycles. The molecule has 0 aliphatic rings. The van der Waals surface area contributed by atoms with E-state index in [0.717, 1.165) is 0 Å². The molecule has 0 spiro atoms. The number of carboxylic acids is 1. The van der Waals surface area contributed by atoms with Gasteiger partial charge in [-0.15, -0.1) is 0 Å². The summed E-state index contributed by atoms with van der Waals surface area (Å²) in [5, 5.41) is 11.3. The normalized spacial score (nSPS) is 12.5. The maximum atomic E-state index is 11.7. The molecule has 0 bridgehead atoms. The van der Waals surface area contributed by atoms with Gasteiger partial charge in [-0.25, -0.2) is 4.79 Å². The molecular weight excluding hydrogens is 224 g/mol. The first-order valence-corrected chi connectivity index (χ1v) is 5.28. The molecule has 4 N–H and O–H groups in total. The molecule has 1 heterocycles. The van der Waals surface area contributed by atoms with Gasteiger partial charge in [0.1, 0.15) is 11.8 Å². The van der Waals surface area contributed by atoms with Crippen LogP contribution in [0.25, 0.3) is 0 Å². The van der Waals surface area contributed by atoms with Crippen LogP contribution in [0.2, 0.25) is 0 Å². The van der Waals surface area contributed by atoms with Crippen LogP contribution in [-0.2, 0) is 11.3 Å². The van der Waals surface area contributed by atoms with Gasteiger partial charge < -0.3 is 20.6 Å². The molecule has 94 valence electrons. The van der Waals surface area contributed by atoms with Crippen molar-refractivity contribution in [3.63, 3.8) is 0 Å². The number of rotatable bonds is 5. The van der Waals surface area contributed by atoms with E-state index in [1.54, 1.807) is 19.9 Å². The summed E-state index contributed by atoms with van der Waals surface area (Å²) in [5.74, 6) is -1.28. The van der Waals surface area contributed by atoms with Gasteiger partial charge in [-0.3, -0.25) is 4.79 Å². The van der Waals surface area contributed by atoms with Crippen molar-refractivity contribution < 1.29 is 19.1 Å². The molecule has 0 fully saturated rings. The molecular formula is C11H16N2O4. The van der Waals surface area contributed by atoms with Crippen LogP contribution in [0.15, 0.2) is 16.5 Å². The fraction of sp³-hybridized carbons (Fsp3) is 0.455. The molecule has 0 saturated heterocycles. The summed E-state index contributed by atoms with van der Waals surface area (Å²) in [7, 11) is 0. The molecule has 1 aromatic heterocycles. The second kappa shape index (κ2) is 5.49. The van der Waals surface area contributed by atoms with Crippen molar-refractivity contribution in [1.82, 2.24) is 5.32 Å². The highest BCUT2D eigenvalue weighted by molar-refractivity contribution is 5.94. The van der Waals surface area contributed by atoms with Crippen LogP contribution in [-0.4, -0.2) is 23.0 Å². The maximum Gasteiger partial charge on any atom is 0.326 e. The number of carbonyl (C=O) groups is 2. The van der Waals surface area contributed by atoms with Crippen LogP contribution < -0.4 is 11.1 Å². The fourth-order valence-electron chi connectivity index (χ4n) is 1.34. The third-order valence-electron chi connectivity index (χ3n) is 2.31. The first-order valence-electron chi connectivity index (χ1n) is 5.28. The number of amides is 1.